The van der Waals surface area contributed by atoms with Crippen LogP contribution in [0.5, 0.6) is 0 Å². The molecule has 0 radical (unpaired) electrons. The molecule has 1 heterocycles. The van der Waals surface area contributed by atoms with Gasteiger partial charge in [-0.1, -0.05) is 31.5 Å². The molecule has 1 aromatic carbocycles. The van der Waals surface area contributed by atoms with Crippen molar-refractivity contribution in [1.29, 1.82) is 0 Å². The zero-order valence-corrected chi connectivity index (χ0v) is 12.5. The zero-order valence-electron chi connectivity index (χ0n) is 11.0. The van der Waals surface area contributed by atoms with Crippen molar-refractivity contribution in [3.8, 4) is 10.4 Å². The number of halogens is 1. The minimum atomic E-state index is 0.485. The number of thiophene rings is 1. The van der Waals surface area contributed by atoms with Gasteiger partial charge in [0.05, 0.1) is 0 Å². The molecule has 2 aromatic rings. The van der Waals surface area contributed by atoms with Crippen LogP contribution in [0.25, 0.3) is 10.4 Å². The first kappa shape index (κ1) is 13.6. The number of benzene rings is 1. The number of aryl methyl sites for hydroxylation is 1. The third kappa shape index (κ3) is 3.35. The first-order valence-electron chi connectivity index (χ1n) is 6.15. The second kappa shape index (κ2) is 5.87. The summed E-state index contributed by atoms with van der Waals surface area (Å²) in [5, 5.41) is 4.26. The van der Waals surface area contributed by atoms with Crippen molar-refractivity contribution in [3.63, 3.8) is 0 Å². The molecule has 0 saturated carbocycles. The van der Waals surface area contributed by atoms with Crippen LogP contribution in [0.1, 0.15) is 24.3 Å². The lowest BCUT2D eigenvalue weighted by atomic mass is 10.1. The van der Waals surface area contributed by atoms with Crippen LogP contribution in [0.15, 0.2) is 30.3 Å². The van der Waals surface area contributed by atoms with E-state index in [2.05, 4.69) is 50.4 Å². The van der Waals surface area contributed by atoms with Crippen molar-refractivity contribution in [2.75, 3.05) is 0 Å². The molecule has 1 N–H and O–H groups in total. The average molecular weight is 280 g/mol. The van der Waals surface area contributed by atoms with Gasteiger partial charge in [0.1, 0.15) is 0 Å². The van der Waals surface area contributed by atoms with Crippen molar-refractivity contribution < 1.29 is 0 Å². The Morgan fingerprint density at radius 3 is 2.61 bits per heavy atom. The molecule has 0 aliphatic carbocycles. The van der Waals surface area contributed by atoms with Crippen LogP contribution in [0.3, 0.4) is 0 Å². The summed E-state index contributed by atoms with van der Waals surface area (Å²) < 4.78 is 0. The van der Waals surface area contributed by atoms with E-state index in [4.69, 9.17) is 11.6 Å². The van der Waals surface area contributed by atoms with Gasteiger partial charge in [-0.25, -0.2) is 0 Å². The van der Waals surface area contributed by atoms with E-state index in [0.29, 0.717) is 6.04 Å². The molecule has 0 fully saturated rings. The largest absolute Gasteiger partial charge is 0.310 e. The quantitative estimate of drug-likeness (QED) is 0.841. The second-order valence-electron chi connectivity index (χ2n) is 4.75. The number of rotatable bonds is 4. The molecule has 0 unspecified atom stereocenters. The van der Waals surface area contributed by atoms with Gasteiger partial charge in [0.15, 0.2) is 0 Å². The highest BCUT2D eigenvalue weighted by Crippen LogP contribution is 2.32. The molecule has 0 atom stereocenters. The Morgan fingerprint density at radius 2 is 2.00 bits per heavy atom. The molecule has 1 nitrogen and oxygen atoms in total. The van der Waals surface area contributed by atoms with E-state index in [1.165, 1.54) is 20.9 Å². The summed E-state index contributed by atoms with van der Waals surface area (Å²) in [6.07, 6.45) is 0. The summed E-state index contributed by atoms with van der Waals surface area (Å²) in [6.45, 7) is 7.32. The van der Waals surface area contributed by atoms with Gasteiger partial charge >= 0.3 is 0 Å². The maximum Gasteiger partial charge on any atom is 0.0412 e. The Morgan fingerprint density at radius 1 is 1.22 bits per heavy atom. The van der Waals surface area contributed by atoms with E-state index in [1.807, 2.05) is 17.4 Å². The van der Waals surface area contributed by atoms with E-state index < -0.39 is 0 Å². The van der Waals surface area contributed by atoms with Crippen molar-refractivity contribution >= 4 is 22.9 Å². The fraction of sp³-hybridized carbons (Fsp3) is 0.333. The predicted octanol–water partition coefficient (Wildman–Crippen LogP) is 4.87. The van der Waals surface area contributed by atoms with E-state index >= 15 is 0 Å². The Kier molecular flexibility index (Phi) is 4.44. The molecule has 1 aromatic heterocycles. The summed E-state index contributed by atoms with van der Waals surface area (Å²) in [7, 11) is 0. The van der Waals surface area contributed by atoms with Crippen molar-refractivity contribution in [2.45, 2.75) is 33.4 Å². The third-order valence-electron chi connectivity index (χ3n) is 2.78. The van der Waals surface area contributed by atoms with E-state index in [9.17, 15) is 0 Å². The smallest absolute Gasteiger partial charge is 0.0412 e. The number of nitrogens with one attached hydrogen (secondary N) is 1. The predicted molar refractivity (Wildman–Crippen MR) is 81.5 cm³/mol. The van der Waals surface area contributed by atoms with Crippen molar-refractivity contribution in [2.24, 2.45) is 0 Å². The molecule has 0 bridgehead atoms. The maximum absolute atomic E-state index is 6.12. The van der Waals surface area contributed by atoms with Gasteiger partial charge in [-0.15, -0.1) is 11.3 Å². The third-order valence-corrected chi connectivity index (χ3v) is 4.05. The molecular weight excluding hydrogens is 262 g/mol. The van der Waals surface area contributed by atoms with Gasteiger partial charge in [-0.05, 0) is 42.3 Å². The van der Waals surface area contributed by atoms with Crippen molar-refractivity contribution in [3.05, 3.63) is 45.8 Å². The fourth-order valence-electron chi connectivity index (χ4n) is 1.83. The second-order valence-corrected chi connectivity index (χ2v) is 6.47. The van der Waals surface area contributed by atoms with Gasteiger partial charge < -0.3 is 5.32 Å². The summed E-state index contributed by atoms with van der Waals surface area (Å²) in [5.74, 6) is 0. The Labute approximate surface area is 118 Å². The first-order chi connectivity index (χ1) is 8.56. The van der Waals surface area contributed by atoms with Crippen LogP contribution >= 0.6 is 22.9 Å². The van der Waals surface area contributed by atoms with Crippen LogP contribution in [-0.2, 0) is 6.54 Å². The molecule has 0 aliphatic heterocycles. The van der Waals surface area contributed by atoms with Gasteiger partial charge in [-0.3, -0.25) is 0 Å². The summed E-state index contributed by atoms with van der Waals surface area (Å²) in [6, 6.07) is 10.9. The maximum atomic E-state index is 6.12. The van der Waals surface area contributed by atoms with E-state index in [1.54, 1.807) is 0 Å². The monoisotopic (exact) mass is 279 g/mol. The molecule has 0 amide bonds. The van der Waals surface area contributed by atoms with Gasteiger partial charge in [0.2, 0.25) is 0 Å². The molecule has 3 heteroatoms. The molecule has 0 saturated heterocycles. The van der Waals surface area contributed by atoms with Gasteiger partial charge in [0, 0.05) is 27.4 Å². The summed E-state index contributed by atoms with van der Waals surface area (Å²) >= 11 is 7.93. The summed E-state index contributed by atoms with van der Waals surface area (Å²) in [5.41, 5.74) is 2.55. The summed E-state index contributed by atoms with van der Waals surface area (Å²) in [4.78, 5) is 2.61. The highest BCUT2D eigenvalue weighted by Gasteiger charge is 2.08. The first-order valence-corrected chi connectivity index (χ1v) is 7.34. The molecule has 96 valence electrons. The van der Waals surface area contributed by atoms with E-state index in [-0.39, 0.29) is 0 Å². The number of hydrogen-bond donors (Lipinski definition) is 1. The molecule has 0 aliphatic rings. The zero-order chi connectivity index (χ0) is 13.1. The lowest BCUT2D eigenvalue weighted by Crippen LogP contribution is -2.22. The fourth-order valence-corrected chi connectivity index (χ4v) is 2.92. The van der Waals surface area contributed by atoms with Crippen LogP contribution in [0.4, 0.5) is 0 Å². The lowest BCUT2D eigenvalue weighted by Gasteiger charge is -2.12. The Bertz CT molecular complexity index is 531. The SMILES string of the molecule is Cc1ccc(-c2cc(Cl)ccc2CNC(C)C)s1. The highest BCUT2D eigenvalue weighted by molar-refractivity contribution is 7.15. The van der Waals surface area contributed by atoms with Gasteiger partial charge in [-0.2, -0.15) is 0 Å². The molecule has 2 rings (SSSR count). The average Bonchev–Trinajstić information content (AvgIpc) is 2.74. The van der Waals surface area contributed by atoms with Crippen LogP contribution in [-0.4, -0.2) is 6.04 Å². The standard InChI is InChI=1S/C15H18ClNS/c1-10(2)17-9-12-5-6-13(16)8-14(12)15-7-4-11(3)18-15/h4-8,10,17H,9H2,1-3H3. The van der Waals surface area contributed by atoms with E-state index in [0.717, 1.165) is 11.6 Å². The number of hydrogen-bond acceptors (Lipinski definition) is 2. The Hall–Kier alpha value is -0.830. The molecular formula is C15H18ClNS. The minimum absolute atomic E-state index is 0.485. The lowest BCUT2D eigenvalue weighted by molar-refractivity contribution is 0.589. The molecule has 0 spiro atoms. The van der Waals surface area contributed by atoms with Crippen LogP contribution in [0.2, 0.25) is 5.02 Å². The van der Waals surface area contributed by atoms with Crippen molar-refractivity contribution in [1.82, 2.24) is 5.32 Å². The molecule has 18 heavy (non-hydrogen) atoms. The van der Waals surface area contributed by atoms with Crippen LogP contribution in [0, 0.1) is 6.92 Å². The van der Waals surface area contributed by atoms with Crippen LogP contribution < -0.4 is 5.32 Å². The van der Waals surface area contributed by atoms with Gasteiger partial charge in [0.25, 0.3) is 0 Å². The topological polar surface area (TPSA) is 12.0 Å². The highest BCUT2D eigenvalue weighted by atomic mass is 35.5. The Balaban J connectivity index is 2.34. The minimum Gasteiger partial charge on any atom is -0.310 e. The normalized spacial score (nSPS) is 11.2.